The van der Waals surface area contributed by atoms with Crippen molar-refractivity contribution >= 4 is 33.3 Å². The Balaban J connectivity index is 4.32. The molecule has 0 aliphatic heterocycles. The Morgan fingerprint density at radius 1 is 1.27 bits per heavy atom. The molecule has 0 bridgehead atoms. The number of hydrogen-bond donors (Lipinski definition) is 2. The zero-order valence-electron chi connectivity index (χ0n) is 5.50. The molecule has 11 heavy (non-hydrogen) atoms. The molecule has 0 aliphatic carbocycles. The normalized spacial score (nSPS) is 13.5. The molecule has 0 atom stereocenters. The van der Waals surface area contributed by atoms with Crippen LogP contribution in [0.1, 0.15) is 0 Å². The highest BCUT2D eigenvalue weighted by atomic mass is 35.5. The van der Waals surface area contributed by atoms with Gasteiger partial charge in [0.25, 0.3) is 10.1 Å². The molecule has 0 aromatic heterocycles. The minimum atomic E-state index is -4.22. The van der Waals surface area contributed by atoms with E-state index in [0.717, 1.165) is 0 Å². The lowest BCUT2D eigenvalue weighted by molar-refractivity contribution is 0.110. The van der Waals surface area contributed by atoms with Crippen LogP contribution in [-0.4, -0.2) is 41.2 Å². The smallest absolute Gasteiger partial charge is 0.267 e. The summed E-state index contributed by atoms with van der Waals surface area (Å²) in [5.41, 5.74) is -1.74. The van der Waals surface area contributed by atoms with Crippen LogP contribution in [0.4, 0.5) is 0 Å². The Hall–Kier alpha value is 0.450. The predicted molar refractivity (Wildman–Crippen MR) is 42.8 cm³/mol. The number of rotatable bonds is 4. The average molecular weight is 223 g/mol. The van der Waals surface area contributed by atoms with Crippen molar-refractivity contribution in [3.63, 3.8) is 0 Å². The van der Waals surface area contributed by atoms with Gasteiger partial charge in [0.2, 0.25) is 0 Å². The Labute approximate surface area is 74.9 Å². The highest BCUT2D eigenvalue weighted by molar-refractivity contribution is 7.85. The average Bonchev–Trinajstić information content (AvgIpc) is 1.84. The van der Waals surface area contributed by atoms with Gasteiger partial charge in [0.05, 0.1) is 11.8 Å². The highest BCUT2D eigenvalue weighted by Gasteiger charge is 2.30. The summed E-state index contributed by atoms with van der Waals surface area (Å²) < 4.78 is 28.8. The molecule has 0 saturated heterocycles. The number of hydrogen-bond acceptors (Lipinski definition) is 3. The summed E-state index contributed by atoms with van der Waals surface area (Å²) in [6.45, 7) is 0. The van der Waals surface area contributed by atoms with E-state index in [4.69, 9.17) is 32.9 Å². The molecule has 0 amide bonds. The predicted octanol–water partition coefficient (Wildman–Crippen LogP) is 0.0829. The van der Waals surface area contributed by atoms with Crippen LogP contribution in [0.2, 0.25) is 0 Å². The van der Waals surface area contributed by atoms with E-state index in [1.54, 1.807) is 0 Å². The molecule has 4 nitrogen and oxygen atoms in total. The summed E-state index contributed by atoms with van der Waals surface area (Å²) in [6.07, 6.45) is 0. The molecule has 0 heterocycles. The van der Waals surface area contributed by atoms with Crippen LogP contribution in [0.5, 0.6) is 0 Å². The molecular weight excluding hydrogens is 215 g/mol. The molecule has 0 spiro atoms. The zero-order valence-corrected chi connectivity index (χ0v) is 7.82. The van der Waals surface area contributed by atoms with Crippen LogP contribution in [0, 0.1) is 0 Å². The van der Waals surface area contributed by atoms with E-state index < -0.39 is 21.5 Å². The Bertz CT molecular complexity index is 208. The standard InChI is InChI=1S/C4H8Cl2O4S/c5-1-4(7,2-6)3-11(8,9)10/h7H,1-3H2,(H,8,9,10). The minimum Gasteiger partial charge on any atom is -0.386 e. The molecule has 68 valence electrons. The van der Waals surface area contributed by atoms with Gasteiger partial charge < -0.3 is 5.11 Å². The Morgan fingerprint density at radius 3 is 1.73 bits per heavy atom. The lowest BCUT2D eigenvalue weighted by Crippen LogP contribution is -2.40. The first-order chi connectivity index (χ1) is 4.83. The molecule has 0 unspecified atom stereocenters. The first kappa shape index (κ1) is 11.4. The molecule has 0 fully saturated rings. The molecule has 0 radical (unpaired) electrons. The lowest BCUT2D eigenvalue weighted by Gasteiger charge is -2.20. The van der Waals surface area contributed by atoms with E-state index in [1.807, 2.05) is 0 Å². The van der Waals surface area contributed by atoms with Crippen LogP contribution in [0.3, 0.4) is 0 Å². The van der Waals surface area contributed by atoms with E-state index in [-0.39, 0.29) is 11.8 Å². The summed E-state index contributed by atoms with van der Waals surface area (Å²) in [7, 11) is -4.22. The quantitative estimate of drug-likeness (QED) is 0.523. The van der Waals surface area contributed by atoms with Crippen LogP contribution < -0.4 is 0 Å². The zero-order chi connectivity index (χ0) is 9.12. The van der Waals surface area contributed by atoms with Gasteiger partial charge in [0, 0.05) is 0 Å². The first-order valence-electron chi connectivity index (χ1n) is 2.62. The largest absolute Gasteiger partial charge is 0.386 e. The van der Waals surface area contributed by atoms with Gasteiger partial charge in [-0.05, 0) is 0 Å². The second-order valence-corrected chi connectivity index (χ2v) is 4.20. The van der Waals surface area contributed by atoms with Gasteiger partial charge in [-0.1, -0.05) is 0 Å². The van der Waals surface area contributed by atoms with Crippen molar-refractivity contribution < 1.29 is 18.1 Å². The molecule has 0 aromatic rings. The lowest BCUT2D eigenvalue weighted by atomic mass is 10.2. The third-order valence-electron chi connectivity index (χ3n) is 0.949. The minimum absolute atomic E-state index is 0.337. The molecule has 2 N–H and O–H groups in total. The van der Waals surface area contributed by atoms with Crippen molar-refractivity contribution in [2.45, 2.75) is 5.60 Å². The number of alkyl halides is 2. The SMILES string of the molecule is O=S(=O)(O)CC(O)(CCl)CCl. The third kappa shape index (κ3) is 4.81. The van der Waals surface area contributed by atoms with E-state index >= 15 is 0 Å². The van der Waals surface area contributed by atoms with Crippen molar-refractivity contribution in [2.24, 2.45) is 0 Å². The fraction of sp³-hybridized carbons (Fsp3) is 1.00. The van der Waals surface area contributed by atoms with Crippen LogP contribution in [0.25, 0.3) is 0 Å². The fourth-order valence-electron chi connectivity index (χ4n) is 0.452. The van der Waals surface area contributed by atoms with Crippen LogP contribution in [-0.2, 0) is 10.1 Å². The summed E-state index contributed by atoms with van der Waals surface area (Å²) >= 11 is 10.4. The van der Waals surface area contributed by atoms with Crippen LogP contribution in [0.15, 0.2) is 0 Å². The van der Waals surface area contributed by atoms with Crippen molar-refractivity contribution in [1.82, 2.24) is 0 Å². The summed E-state index contributed by atoms with van der Waals surface area (Å²) in [5, 5.41) is 9.16. The summed E-state index contributed by atoms with van der Waals surface area (Å²) in [5.74, 6) is -1.51. The molecule has 7 heteroatoms. The maximum atomic E-state index is 10.2. The van der Waals surface area contributed by atoms with Gasteiger partial charge in [-0.2, -0.15) is 8.42 Å². The number of halogens is 2. The topological polar surface area (TPSA) is 74.6 Å². The van der Waals surface area contributed by atoms with Gasteiger partial charge in [-0.25, -0.2) is 0 Å². The Kier molecular flexibility index (Phi) is 4.07. The summed E-state index contributed by atoms with van der Waals surface area (Å²) in [4.78, 5) is 0. The van der Waals surface area contributed by atoms with Crippen molar-refractivity contribution in [3.8, 4) is 0 Å². The third-order valence-corrected chi connectivity index (χ3v) is 2.85. The van der Waals surface area contributed by atoms with Crippen molar-refractivity contribution in [1.29, 1.82) is 0 Å². The van der Waals surface area contributed by atoms with Gasteiger partial charge in [0.1, 0.15) is 11.4 Å². The van der Waals surface area contributed by atoms with Gasteiger partial charge in [-0.15, -0.1) is 23.2 Å². The van der Waals surface area contributed by atoms with Crippen molar-refractivity contribution in [2.75, 3.05) is 17.5 Å². The van der Waals surface area contributed by atoms with Crippen LogP contribution >= 0.6 is 23.2 Å². The second-order valence-electron chi connectivity index (χ2n) is 2.22. The summed E-state index contributed by atoms with van der Waals surface area (Å²) in [6, 6.07) is 0. The van der Waals surface area contributed by atoms with E-state index in [1.165, 1.54) is 0 Å². The first-order valence-corrected chi connectivity index (χ1v) is 5.30. The van der Waals surface area contributed by atoms with Gasteiger partial charge in [0.15, 0.2) is 0 Å². The van der Waals surface area contributed by atoms with E-state index in [0.29, 0.717) is 0 Å². The molecule has 0 rings (SSSR count). The second kappa shape index (κ2) is 3.91. The molecule has 0 saturated carbocycles. The molecule has 0 aromatic carbocycles. The fourth-order valence-corrected chi connectivity index (χ4v) is 2.03. The van der Waals surface area contributed by atoms with Gasteiger partial charge >= 0.3 is 0 Å². The maximum Gasteiger partial charge on any atom is 0.267 e. The maximum absolute atomic E-state index is 10.2. The molecular formula is C4H8Cl2O4S. The van der Waals surface area contributed by atoms with E-state index in [9.17, 15) is 8.42 Å². The Morgan fingerprint density at radius 2 is 1.64 bits per heavy atom. The van der Waals surface area contributed by atoms with Crippen molar-refractivity contribution in [3.05, 3.63) is 0 Å². The number of aliphatic hydroxyl groups is 1. The molecule has 0 aliphatic rings. The monoisotopic (exact) mass is 222 g/mol. The highest BCUT2D eigenvalue weighted by Crippen LogP contribution is 2.11. The van der Waals surface area contributed by atoms with Gasteiger partial charge in [-0.3, -0.25) is 4.55 Å². The van der Waals surface area contributed by atoms with E-state index in [2.05, 4.69) is 0 Å².